The summed E-state index contributed by atoms with van der Waals surface area (Å²) >= 11 is 3.54. The number of benzene rings is 2. The zero-order valence-electron chi connectivity index (χ0n) is 12.9. The van der Waals surface area contributed by atoms with Crippen molar-refractivity contribution >= 4 is 21.6 Å². The summed E-state index contributed by atoms with van der Waals surface area (Å²) in [5.41, 5.74) is 6.95. The first-order valence-corrected chi connectivity index (χ1v) is 8.73. The Kier molecular flexibility index (Phi) is 3.37. The molecule has 1 aliphatic carbocycles. The molecule has 0 radical (unpaired) electrons. The van der Waals surface area contributed by atoms with E-state index >= 15 is 0 Å². The van der Waals surface area contributed by atoms with Gasteiger partial charge in [-0.2, -0.15) is 0 Å². The second-order valence-electron chi connectivity index (χ2n) is 6.50. The molecule has 0 fully saturated rings. The van der Waals surface area contributed by atoms with Crippen LogP contribution in [0, 0.1) is 19.8 Å². The molecule has 0 bridgehead atoms. The largest absolute Gasteiger partial charge is 0.377 e. The lowest BCUT2D eigenvalue weighted by atomic mass is 9.76. The molecule has 0 spiro atoms. The summed E-state index contributed by atoms with van der Waals surface area (Å²) < 4.78 is 1.14. The number of fused-ring (bicyclic) bond motifs is 3. The highest BCUT2D eigenvalue weighted by Gasteiger charge is 2.38. The molecule has 3 atom stereocenters. The van der Waals surface area contributed by atoms with E-state index in [0.717, 1.165) is 10.9 Å². The van der Waals surface area contributed by atoms with Gasteiger partial charge in [-0.1, -0.05) is 52.3 Å². The molecular formula is C20H20BrN. The molecule has 3 unspecified atom stereocenters. The summed E-state index contributed by atoms with van der Waals surface area (Å²) in [6.45, 7) is 4.43. The maximum absolute atomic E-state index is 3.86. The van der Waals surface area contributed by atoms with E-state index in [-0.39, 0.29) is 0 Å². The van der Waals surface area contributed by atoms with Gasteiger partial charge >= 0.3 is 0 Å². The van der Waals surface area contributed by atoms with Gasteiger partial charge in [-0.15, -0.1) is 0 Å². The fraction of sp³-hybridized carbons (Fsp3) is 0.300. The zero-order valence-corrected chi connectivity index (χ0v) is 14.5. The van der Waals surface area contributed by atoms with E-state index in [1.54, 1.807) is 0 Å². The third kappa shape index (κ3) is 2.13. The Labute approximate surface area is 140 Å². The fourth-order valence-electron chi connectivity index (χ4n) is 3.92. The quantitative estimate of drug-likeness (QED) is 0.630. The number of allylic oxidation sites excluding steroid dienone is 2. The van der Waals surface area contributed by atoms with Gasteiger partial charge in [-0.25, -0.2) is 0 Å². The molecule has 0 aromatic heterocycles. The molecule has 22 heavy (non-hydrogen) atoms. The molecule has 0 saturated carbocycles. The lowest BCUT2D eigenvalue weighted by molar-refractivity contribution is 0.425. The summed E-state index contributed by atoms with van der Waals surface area (Å²) in [4.78, 5) is 0. The van der Waals surface area contributed by atoms with Crippen LogP contribution < -0.4 is 5.32 Å². The van der Waals surface area contributed by atoms with E-state index in [4.69, 9.17) is 0 Å². The van der Waals surface area contributed by atoms with Gasteiger partial charge in [0.05, 0.1) is 6.04 Å². The third-order valence-corrected chi connectivity index (χ3v) is 5.83. The average molecular weight is 354 g/mol. The fourth-order valence-corrected chi connectivity index (χ4v) is 4.18. The molecule has 1 N–H and O–H groups in total. The average Bonchev–Trinajstić information content (AvgIpc) is 3.01. The van der Waals surface area contributed by atoms with Crippen molar-refractivity contribution in [3.63, 3.8) is 0 Å². The molecule has 0 amide bonds. The monoisotopic (exact) mass is 353 g/mol. The minimum atomic E-state index is 0.390. The smallest absolute Gasteiger partial charge is 0.0554 e. The van der Waals surface area contributed by atoms with Crippen molar-refractivity contribution in [3.8, 4) is 0 Å². The molecule has 1 nitrogen and oxygen atoms in total. The van der Waals surface area contributed by atoms with Gasteiger partial charge in [-0.05, 0) is 60.6 Å². The molecule has 1 aliphatic heterocycles. The Morgan fingerprint density at radius 2 is 1.82 bits per heavy atom. The molecule has 112 valence electrons. The maximum atomic E-state index is 3.86. The van der Waals surface area contributed by atoms with Crippen LogP contribution in [0.4, 0.5) is 5.69 Å². The number of anilines is 1. The summed E-state index contributed by atoms with van der Waals surface area (Å²) in [7, 11) is 0. The Morgan fingerprint density at radius 1 is 1.05 bits per heavy atom. The predicted molar refractivity (Wildman–Crippen MR) is 96.4 cm³/mol. The Hall–Kier alpha value is -1.54. The first-order chi connectivity index (χ1) is 10.6. The first kappa shape index (κ1) is 14.1. The van der Waals surface area contributed by atoms with Crippen LogP contribution in [-0.4, -0.2) is 0 Å². The number of hydrogen-bond donors (Lipinski definition) is 1. The summed E-state index contributed by atoms with van der Waals surface area (Å²) in [6.07, 6.45) is 5.92. The van der Waals surface area contributed by atoms with Crippen molar-refractivity contribution in [2.75, 3.05) is 5.32 Å². The van der Waals surface area contributed by atoms with E-state index in [1.807, 2.05) is 0 Å². The van der Waals surface area contributed by atoms with E-state index in [0.29, 0.717) is 17.9 Å². The topological polar surface area (TPSA) is 12.0 Å². The Balaban J connectivity index is 1.82. The van der Waals surface area contributed by atoms with Gasteiger partial charge in [0, 0.05) is 16.1 Å². The lowest BCUT2D eigenvalue weighted by Crippen LogP contribution is -2.29. The molecule has 2 aromatic carbocycles. The van der Waals surface area contributed by atoms with Gasteiger partial charge in [0.2, 0.25) is 0 Å². The van der Waals surface area contributed by atoms with E-state index in [2.05, 4.69) is 83.6 Å². The van der Waals surface area contributed by atoms with E-state index < -0.39 is 0 Å². The van der Waals surface area contributed by atoms with Gasteiger partial charge in [0.1, 0.15) is 0 Å². The third-order valence-electron chi connectivity index (χ3n) is 5.30. The van der Waals surface area contributed by atoms with Crippen LogP contribution in [0.3, 0.4) is 0 Å². The van der Waals surface area contributed by atoms with Crippen molar-refractivity contribution in [2.24, 2.45) is 5.92 Å². The van der Waals surface area contributed by atoms with E-state index in [1.165, 1.54) is 27.9 Å². The maximum Gasteiger partial charge on any atom is 0.0554 e. The first-order valence-electron chi connectivity index (χ1n) is 7.94. The van der Waals surface area contributed by atoms with Gasteiger partial charge in [-0.3, -0.25) is 0 Å². The molecule has 2 aliphatic rings. The molecule has 4 rings (SSSR count). The van der Waals surface area contributed by atoms with Crippen LogP contribution in [0.15, 0.2) is 53.0 Å². The predicted octanol–water partition coefficient (Wildman–Crippen LogP) is 5.89. The van der Waals surface area contributed by atoms with Crippen LogP contribution in [-0.2, 0) is 0 Å². The Bertz CT molecular complexity index is 745. The van der Waals surface area contributed by atoms with Crippen molar-refractivity contribution in [3.05, 3.63) is 75.3 Å². The van der Waals surface area contributed by atoms with Crippen molar-refractivity contribution < 1.29 is 0 Å². The molecule has 1 heterocycles. The summed E-state index contributed by atoms with van der Waals surface area (Å²) in [5.74, 6) is 1.17. The second kappa shape index (κ2) is 5.27. The highest BCUT2D eigenvalue weighted by Crippen LogP contribution is 2.50. The minimum Gasteiger partial charge on any atom is -0.377 e. The molecule has 2 aromatic rings. The van der Waals surface area contributed by atoms with Crippen LogP contribution in [0.2, 0.25) is 0 Å². The van der Waals surface area contributed by atoms with Crippen LogP contribution in [0.5, 0.6) is 0 Å². The highest BCUT2D eigenvalue weighted by molar-refractivity contribution is 9.10. The zero-order chi connectivity index (χ0) is 15.3. The molecule has 0 saturated heterocycles. The van der Waals surface area contributed by atoms with Crippen molar-refractivity contribution in [2.45, 2.75) is 32.2 Å². The normalized spacial score (nSPS) is 25.5. The van der Waals surface area contributed by atoms with Crippen LogP contribution in [0.1, 0.15) is 40.6 Å². The number of nitrogens with one attached hydrogen (secondary N) is 1. The number of hydrogen-bond acceptors (Lipinski definition) is 1. The van der Waals surface area contributed by atoms with E-state index in [9.17, 15) is 0 Å². The van der Waals surface area contributed by atoms with Crippen molar-refractivity contribution in [1.82, 2.24) is 0 Å². The summed E-state index contributed by atoms with van der Waals surface area (Å²) in [6, 6.07) is 13.7. The summed E-state index contributed by atoms with van der Waals surface area (Å²) in [5, 5.41) is 3.86. The number of halogens is 1. The van der Waals surface area contributed by atoms with Gasteiger partial charge < -0.3 is 5.32 Å². The number of aryl methyl sites for hydroxylation is 1. The van der Waals surface area contributed by atoms with Gasteiger partial charge in [0.25, 0.3) is 0 Å². The molecular weight excluding hydrogens is 334 g/mol. The second-order valence-corrected chi connectivity index (χ2v) is 7.41. The van der Waals surface area contributed by atoms with Gasteiger partial charge in [0.15, 0.2) is 0 Å². The lowest BCUT2D eigenvalue weighted by Gasteiger charge is -2.38. The number of rotatable bonds is 1. The van der Waals surface area contributed by atoms with Crippen molar-refractivity contribution in [1.29, 1.82) is 0 Å². The SMILES string of the molecule is Cc1ccc2c(c1C)NC(c1ccc(Br)cc1)C1CC=CC21. The highest BCUT2D eigenvalue weighted by atomic mass is 79.9. The van der Waals surface area contributed by atoms with Crippen LogP contribution in [0.25, 0.3) is 0 Å². The molecule has 2 heteroatoms. The standard InChI is InChI=1S/C20H20BrN/c1-12-6-11-18-16-4-3-5-17(16)20(22-19(18)13(12)2)14-7-9-15(21)10-8-14/h3-4,6-11,16-17,20,22H,5H2,1-2H3. The van der Waals surface area contributed by atoms with Crippen LogP contribution >= 0.6 is 15.9 Å². The minimum absolute atomic E-state index is 0.390. The Morgan fingerprint density at radius 3 is 2.59 bits per heavy atom.